The van der Waals surface area contributed by atoms with Crippen LogP contribution >= 0.6 is 0 Å². The van der Waals surface area contributed by atoms with Gasteiger partial charge >= 0.3 is 0 Å². The molecule has 1 aliphatic heterocycles. The minimum Gasteiger partial charge on any atom is -0.361 e. The van der Waals surface area contributed by atoms with Gasteiger partial charge in [-0.05, 0) is 12.1 Å². The van der Waals surface area contributed by atoms with Crippen LogP contribution in [0.1, 0.15) is 10.4 Å². The van der Waals surface area contributed by atoms with Gasteiger partial charge in [0.1, 0.15) is 0 Å². The Balaban J connectivity index is 2.53. The minimum absolute atomic E-state index is 0.108. The fourth-order valence-electron chi connectivity index (χ4n) is 0.949. The standard InChI is InChI=1S/C8H6N2O2/c11-7-3-5-10-12-8-6(7)2-1-4-9-8/h1-5,10H. The summed E-state index contributed by atoms with van der Waals surface area (Å²) >= 11 is 0. The summed E-state index contributed by atoms with van der Waals surface area (Å²) in [6, 6.07) is 3.36. The Hall–Kier alpha value is -1.84. The van der Waals surface area contributed by atoms with Crippen LogP contribution in [-0.2, 0) is 0 Å². The molecule has 0 aliphatic carbocycles. The Bertz CT molecular complexity index is 347. The van der Waals surface area contributed by atoms with Gasteiger partial charge in [0.2, 0.25) is 0 Å². The van der Waals surface area contributed by atoms with Gasteiger partial charge in [0.15, 0.2) is 5.78 Å². The van der Waals surface area contributed by atoms with E-state index in [1.165, 1.54) is 12.3 Å². The number of nitrogens with one attached hydrogen (secondary N) is 1. The number of aromatic nitrogens is 1. The van der Waals surface area contributed by atoms with Gasteiger partial charge in [-0.3, -0.25) is 4.79 Å². The molecule has 1 aromatic rings. The van der Waals surface area contributed by atoms with Crippen LogP contribution < -0.4 is 10.3 Å². The number of carbonyl (C=O) groups excluding carboxylic acids is 1. The van der Waals surface area contributed by atoms with E-state index in [2.05, 4.69) is 10.5 Å². The van der Waals surface area contributed by atoms with Crippen molar-refractivity contribution in [3.63, 3.8) is 0 Å². The lowest BCUT2D eigenvalue weighted by Gasteiger charge is -2.01. The number of carbonyl (C=O) groups is 1. The third kappa shape index (κ3) is 1.03. The average Bonchev–Trinajstić information content (AvgIpc) is 2.29. The third-order valence-electron chi connectivity index (χ3n) is 1.49. The highest BCUT2D eigenvalue weighted by atomic mass is 16.7. The second-order valence-corrected chi connectivity index (χ2v) is 2.27. The molecule has 0 saturated carbocycles. The highest BCUT2D eigenvalue weighted by molar-refractivity contribution is 6.06. The molecule has 2 rings (SSSR count). The van der Waals surface area contributed by atoms with Crippen LogP contribution in [-0.4, -0.2) is 10.8 Å². The third-order valence-corrected chi connectivity index (χ3v) is 1.49. The van der Waals surface area contributed by atoms with Gasteiger partial charge in [0.05, 0.1) is 5.56 Å². The molecule has 0 atom stereocenters. The number of fused-ring (bicyclic) bond motifs is 1. The molecule has 2 heterocycles. The van der Waals surface area contributed by atoms with Gasteiger partial charge < -0.3 is 4.84 Å². The van der Waals surface area contributed by atoms with Gasteiger partial charge in [0, 0.05) is 18.5 Å². The lowest BCUT2D eigenvalue weighted by molar-refractivity contribution is 0.104. The molecule has 1 aliphatic rings. The van der Waals surface area contributed by atoms with Gasteiger partial charge in [-0.2, -0.15) is 0 Å². The zero-order valence-electron chi connectivity index (χ0n) is 6.15. The van der Waals surface area contributed by atoms with E-state index < -0.39 is 0 Å². The van der Waals surface area contributed by atoms with Crippen molar-refractivity contribution in [2.75, 3.05) is 0 Å². The molecule has 0 saturated heterocycles. The number of rotatable bonds is 0. The average molecular weight is 162 g/mol. The summed E-state index contributed by atoms with van der Waals surface area (Å²) in [5.41, 5.74) is 2.94. The lowest BCUT2D eigenvalue weighted by atomic mass is 10.2. The maximum absolute atomic E-state index is 11.3. The molecule has 0 fully saturated rings. The van der Waals surface area contributed by atoms with E-state index in [1.807, 2.05) is 0 Å². The molecule has 0 bridgehead atoms. The van der Waals surface area contributed by atoms with Crippen molar-refractivity contribution in [2.24, 2.45) is 0 Å². The van der Waals surface area contributed by atoms with Crippen LogP contribution in [0.5, 0.6) is 5.88 Å². The molecule has 1 N–H and O–H groups in total. The molecule has 1 aromatic heterocycles. The van der Waals surface area contributed by atoms with Crippen molar-refractivity contribution in [3.8, 4) is 5.88 Å². The first kappa shape index (κ1) is 6.84. The summed E-state index contributed by atoms with van der Waals surface area (Å²) in [5, 5.41) is 0. The largest absolute Gasteiger partial charge is 0.361 e. The smallest absolute Gasteiger partial charge is 0.256 e. The zero-order chi connectivity index (χ0) is 8.39. The Morgan fingerprint density at radius 2 is 2.42 bits per heavy atom. The van der Waals surface area contributed by atoms with E-state index in [9.17, 15) is 4.79 Å². The highest BCUT2D eigenvalue weighted by Crippen LogP contribution is 2.15. The summed E-state index contributed by atoms with van der Waals surface area (Å²) in [7, 11) is 0. The molecule has 4 heteroatoms. The number of allylic oxidation sites excluding steroid dienone is 1. The van der Waals surface area contributed by atoms with E-state index >= 15 is 0 Å². The van der Waals surface area contributed by atoms with E-state index in [0.717, 1.165) is 0 Å². The number of nitrogens with zero attached hydrogens (tertiary/aromatic N) is 1. The van der Waals surface area contributed by atoms with E-state index in [0.29, 0.717) is 11.4 Å². The van der Waals surface area contributed by atoms with E-state index in [1.54, 1.807) is 18.3 Å². The maximum atomic E-state index is 11.3. The first-order valence-electron chi connectivity index (χ1n) is 3.46. The quantitative estimate of drug-likeness (QED) is 0.609. The molecule has 0 amide bonds. The van der Waals surface area contributed by atoms with Gasteiger partial charge in [-0.15, -0.1) is 0 Å². The number of pyridine rings is 1. The molecular formula is C8H6N2O2. The SMILES string of the molecule is O=C1C=CNOc2ncccc21. The molecule has 12 heavy (non-hydrogen) atoms. The second-order valence-electron chi connectivity index (χ2n) is 2.27. The molecule has 0 spiro atoms. The van der Waals surface area contributed by atoms with E-state index in [4.69, 9.17) is 4.84 Å². The number of hydrogen-bond donors (Lipinski definition) is 1. The fourth-order valence-corrected chi connectivity index (χ4v) is 0.949. The summed E-state index contributed by atoms with van der Waals surface area (Å²) in [6.45, 7) is 0. The zero-order valence-corrected chi connectivity index (χ0v) is 6.15. The van der Waals surface area contributed by atoms with Crippen molar-refractivity contribution >= 4 is 5.78 Å². The van der Waals surface area contributed by atoms with Gasteiger partial charge in [0.25, 0.3) is 5.88 Å². The molecular weight excluding hydrogens is 156 g/mol. The van der Waals surface area contributed by atoms with Crippen molar-refractivity contribution in [2.45, 2.75) is 0 Å². The molecule has 60 valence electrons. The van der Waals surface area contributed by atoms with Gasteiger partial charge in [-0.1, -0.05) is 0 Å². The first-order valence-corrected chi connectivity index (χ1v) is 3.46. The van der Waals surface area contributed by atoms with Crippen LogP contribution in [0.4, 0.5) is 0 Å². The normalized spacial score (nSPS) is 14.2. The van der Waals surface area contributed by atoms with Crippen molar-refractivity contribution in [1.29, 1.82) is 0 Å². The second kappa shape index (κ2) is 2.65. The number of hydrogen-bond acceptors (Lipinski definition) is 4. The molecule has 0 unspecified atom stereocenters. The van der Waals surface area contributed by atoms with Crippen LogP contribution in [0.3, 0.4) is 0 Å². The Kier molecular flexibility index (Phi) is 1.51. The monoisotopic (exact) mass is 162 g/mol. The number of hydroxylamine groups is 1. The Morgan fingerprint density at radius 3 is 3.33 bits per heavy atom. The maximum Gasteiger partial charge on any atom is 0.256 e. The summed E-state index contributed by atoms with van der Waals surface area (Å²) < 4.78 is 0. The van der Waals surface area contributed by atoms with Crippen LogP contribution in [0.2, 0.25) is 0 Å². The summed E-state index contributed by atoms with van der Waals surface area (Å²) in [6.07, 6.45) is 4.40. The summed E-state index contributed by atoms with van der Waals surface area (Å²) in [4.78, 5) is 20.1. The predicted octanol–water partition coefficient (Wildman–Crippen LogP) is 0.675. The van der Waals surface area contributed by atoms with Gasteiger partial charge in [-0.25, -0.2) is 10.5 Å². The van der Waals surface area contributed by atoms with Crippen molar-refractivity contribution in [3.05, 3.63) is 36.2 Å². The first-order chi connectivity index (χ1) is 5.88. The van der Waals surface area contributed by atoms with E-state index in [-0.39, 0.29) is 5.78 Å². The van der Waals surface area contributed by atoms with Crippen molar-refractivity contribution < 1.29 is 9.63 Å². The van der Waals surface area contributed by atoms with Crippen LogP contribution in [0.25, 0.3) is 0 Å². The Labute approximate surface area is 68.8 Å². The minimum atomic E-state index is -0.108. The lowest BCUT2D eigenvalue weighted by Crippen LogP contribution is -2.10. The van der Waals surface area contributed by atoms with Crippen LogP contribution in [0, 0.1) is 0 Å². The van der Waals surface area contributed by atoms with Crippen molar-refractivity contribution in [1.82, 2.24) is 10.5 Å². The Morgan fingerprint density at radius 1 is 1.50 bits per heavy atom. The fraction of sp³-hybridized carbons (Fsp3) is 0. The number of ketones is 1. The topological polar surface area (TPSA) is 51.2 Å². The predicted molar refractivity (Wildman–Crippen MR) is 41.5 cm³/mol. The molecule has 4 nitrogen and oxygen atoms in total. The highest BCUT2D eigenvalue weighted by Gasteiger charge is 2.12. The molecule has 0 aromatic carbocycles. The summed E-state index contributed by atoms with van der Waals surface area (Å²) in [5.74, 6) is 0.204. The molecule has 0 radical (unpaired) electrons. The van der Waals surface area contributed by atoms with Crippen LogP contribution in [0.15, 0.2) is 30.6 Å².